The predicted octanol–water partition coefficient (Wildman–Crippen LogP) is 4.41. The van der Waals surface area contributed by atoms with E-state index in [4.69, 9.17) is 11.6 Å². The van der Waals surface area contributed by atoms with Crippen LogP contribution in [0.15, 0.2) is 67.0 Å². The van der Waals surface area contributed by atoms with Crippen LogP contribution in [0.2, 0.25) is 5.02 Å². The first kappa shape index (κ1) is 15.4. The zero-order valence-electron chi connectivity index (χ0n) is 12.9. The fraction of sp³-hybridized carbons (Fsp3) is 0. The summed E-state index contributed by atoms with van der Waals surface area (Å²) >= 11 is 6.01. The molecule has 0 aliphatic heterocycles. The Hall–Kier alpha value is -3.18. The van der Waals surface area contributed by atoms with Crippen LogP contribution in [0.5, 0.6) is 0 Å². The molecule has 2 aromatic carbocycles. The third-order valence-electron chi connectivity index (χ3n) is 3.96. The summed E-state index contributed by atoms with van der Waals surface area (Å²) in [5, 5.41) is 14.2. The van der Waals surface area contributed by atoms with Crippen LogP contribution >= 0.6 is 11.6 Å². The molecule has 4 aromatic rings. The van der Waals surface area contributed by atoms with Crippen LogP contribution in [0.25, 0.3) is 28.0 Å². The average Bonchev–Trinajstić information content (AvgIpc) is 3.07. The largest absolute Gasteiger partial charge is 0.477 e. The summed E-state index contributed by atoms with van der Waals surface area (Å²) in [5.41, 5.74) is 3.83. The summed E-state index contributed by atoms with van der Waals surface area (Å²) in [4.78, 5) is 15.7. The van der Waals surface area contributed by atoms with Crippen LogP contribution < -0.4 is 0 Å². The van der Waals surface area contributed by atoms with Crippen LogP contribution in [0.3, 0.4) is 0 Å². The van der Waals surface area contributed by atoms with Crippen molar-refractivity contribution in [3.63, 3.8) is 0 Å². The van der Waals surface area contributed by atoms with Crippen molar-refractivity contribution in [3.8, 4) is 22.4 Å². The van der Waals surface area contributed by atoms with E-state index in [1.807, 2.05) is 42.5 Å². The van der Waals surface area contributed by atoms with Gasteiger partial charge in [0, 0.05) is 22.3 Å². The van der Waals surface area contributed by atoms with Gasteiger partial charge in [-0.05, 0) is 17.7 Å². The number of hydrogen-bond donors (Lipinski definition) is 1. The van der Waals surface area contributed by atoms with E-state index < -0.39 is 5.97 Å². The zero-order valence-corrected chi connectivity index (χ0v) is 13.7. The van der Waals surface area contributed by atoms with Crippen LogP contribution in [0.4, 0.5) is 0 Å². The van der Waals surface area contributed by atoms with Crippen molar-refractivity contribution >= 4 is 23.2 Å². The van der Waals surface area contributed by atoms with Gasteiger partial charge in [-0.3, -0.25) is 0 Å². The van der Waals surface area contributed by atoms with Gasteiger partial charge in [-0.1, -0.05) is 54.1 Å². The number of nitrogens with zero attached hydrogens (tertiary/aromatic N) is 3. The van der Waals surface area contributed by atoms with Gasteiger partial charge < -0.3 is 5.11 Å². The molecule has 0 amide bonds. The molecular weight excluding hydrogens is 338 g/mol. The monoisotopic (exact) mass is 349 g/mol. The second-order valence-electron chi connectivity index (χ2n) is 5.49. The lowest BCUT2D eigenvalue weighted by molar-refractivity contribution is 0.0699. The molecule has 0 bridgehead atoms. The van der Waals surface area contributed by atoms with Crippen LogP contribution in [0, 0.1) is 0 Å². The summed E-state index contributed by atoms with van der Waals surface area (Å²) in [6, 6.07) is 17.1. The molecule has 2 aromatic heterocycles. The standard InChI is InChI=1S/C19H12ClN3O2/c20-14-8-6-13(7-9-14)17-15(12-4-2-1-3-5-12)10-21-18-16(19(24)25)11-22-23(17)18/h1-11H,(H,24,25). The lowest BCUT2D eigenvalue weighted by Crippen LogP contribution is -2.02. The fourth-order valence-electron chi connectivity index (χ4n) is 2.80. The second-order valence-corrected chi connectivity index (χ2v) is 5.93. The van der Waals surface area contributed by atoms with Crippen molar-refractivity contribution in [1.29, 1.82) is 0 Å². The molecule has 0 saturated carbocycles. The predicted molar refractivity (Wildman–Crippen MR) is 95.8 cm³/mol. The first-order valence-electron chi connectivity index (χ1n) is 7.56. The Morgan fingerprint density at radius 3 is 2.36 bits per heavy atom. The Kier molecular flexibility index (Phi) is 3.71. The van der Waals surface area contributed by atoms with Gasteiger partial charge in [0.05, 0.1) is 11.9 Å². The number of carboxylic acid groups (broad SMARTS) is 1. The number of benzene rings is 2. The summed E-state index contributed by atoms with van der Waals surface area (Å²) in [6.07, 6.45) is 3.00. The summed E-state index contributed by atoms with van der Waals surface area (Å²) < 4.78 is 1.56. The van der Waals surface area contributed by atoms with Crippen molar-refractivity contribution in [2.75, 3.05) is 0 Å². The highest BCUT2D eigenvalue weighted by Crippen LogP contribution is 2.33. The Morgan fingerprint density at radius 1 is 0.960 bits per heavy atom. The smallest absolute Gasteiger partial charge is 0.341 e. The number of carbonyl (C=O) groups is 1. The molecule has 2 heterocycles. The second kappa shape index (κ2) is 6.03. The molecule has 1 N–H and O–H groups in total. The normalized spacial score (nSPS) is 10.9. The first-order chi connectivity index (χ1) is 12.1. The van der Waals surface area contributed by atoms with E-state index in [1.54, 1.807) is 22.8 Å². The van der Waals surface area contributed by atoms with Gasteiger partial charge in [0.1, 0.15) is 5.56 Å². The van der Waals surface area contributed by atoms with Gasteiger partial charge in [0.25, 0.3) is 0 Å². The minimum atomic E-state index is -1.06. The van der Waals surface area contributed by atoms with Crippen molar-refractivity contribution in [1.82, 2.24) is 14.6 Å². The number of halogens is 1. The number of fused-ring (bicyclic) bond motifs is 1. The Balaban J connectivity index is 2.07. The molecule has 0 atom stereocenters. The lowest BCUT2D eigenvalue weighted by Gasteiger charge is -2.12. The number of hydrogen-bond acceptors (Lipinski definition) is 3. The van der Waals surface area contributed by atoms with Crippen molar-refractivity contribution in [2.45, 2.75) is 0 Å². The lowest BCUT2D eigenvalue weighted by atomic mass is 10.0. The molecule has 5 nitrogen and oxygen atoms in total. The summed E-state index contributed by atoms with van der Waals surface area (Å²) in [6.45, 7) is 0. The number of aromatic carboxylic acids is 1. The SMILES string of the molecule is O=C(O)c1cnn2c(-c3ccc(Cl)cc3)c(-c3ccccc3)cnc12. The minimum absolute atomic E-state index is 0.0647. The molecule has 0 aliphatic carbocycles. The van der Waals surface area contributed by atoms with Crippen molar-refractivity contribution < 1.29 is 9.90 Å². The highest BCUT2D eigenvalue weighted by atomic mass is 35.5. The van der Waals surface area contributed by atoms with Gasteiger partial charge >= 0.3 is 5.97 Å². The van der Waals surface area contributed by atoms with E-state index in [0.717, 1.165) is 22.4 Å². The summed E-state index contributed by atoms with van der Waals surface area (Å²) in [7, 11) is 0. The molecule has 4 rings (SSSR count). The third kappa shape index (κ3) is 2.64. The topological polar surface area (TPSA) is 67.5 Å². The van der Waals surface area contributed by atoms with Crippen LogP contribution in [0.1, 0.15) is 10.4 Å². The van der Waals surface area contributed by atoms with Crippen molar-refractivity contribution in [3.05, 3.63) is 77.6 Å². The number of rotatable bonds is 3. The van der Waals surface area contributed by atoms with E-state index >= 15 is 0 Å². The number of carboxylic acids is 1. The molecule has 6 heteroatoms. The number of aromatic nitrogens is 3. The van der Waals surface area contributed by atoms with E-state index in [-0.39, 0.29) is 5.56 Å². The van der Waals surface area contributed by atoms with Crippen molar-refractivity contribution in [2.24, 2.45) is 0 Å². The Bertz CT molecular complexity index is 1070. The first-order valence-corrected chi connectivity index (χ1v) is 7.94. The molecule has 0 fully saturated rings. The van der Waals surface area contributed by atoms with Gasteiger partial charge in [0.2, 0.25) is 0 Å². The Labute approximate surface area is 148 Å². The molecule has 0 aliphatic rings. The van der Waals surface area contributed by atoms with Gasteiger partial charge in [-0.25, -0.2) is 14.3 Å². The summed E-state index contributed by atoms with van der Waals surface area (Å²) in [5.74, 6) is -1.06. The molecule has 122 valence electrons. The molecule has 0 unspecified atom stereocenters. The highest BCUT2D eigenvalue weighted by molar-refractivity contribution is 6.30. The maximum atomic E-state index is 11.4. The molecule has 0 spiro atoms. The van der Waals surface area contributed by atoms with E-state index in [1.165, 1.54) is 6.20 Å². The maximum absolute atomic E-state index is 11.4. The van der Waals surface area contributed by atoms with Crippen LogP contribution in [-0.4, -0.2) is 25.7 Å². The maximum Gasteiger partial charge on any atom is 0.341 e. The quantitative estimate of drug-likeness (QED) is 0.594. The zero-order chi connectivity index (χ0) is 17.4. The molecule has 25 heavy (non-hydrogen) atoms. The fourth-order valence-corrected chi connectivity index (χ4v) is 2.92. The molecular formula is C19H12ClN3O2. The third-order valence-corrected chi connectivity index (χ3v) is 4.21. The Morgan fingerprint density at radius 2 is 1.68 bits per heavy atom. The van der Waals surface area contributed by atoms with Gasteiger partial charge in [0.15, 0.2) is 5.65 Å². The van der Waals surface area contributed by atoms with E-state index in [2.05, 4.69) is 10.1 Å². The van der Waals surface area contributed by atoms with Crippen LogP contribution in [-0.2, 0) is 0 Å². The van der Waals surface area contributed by atoms with Gasteiger partial charge in [-0.2, -0.15) is 5.10 Å². The molecule has 0 saturated heterocycles. The van der Waals surface area contributed by atoms with E-state index in [0.29, 0.717) is 10.7 Å². The average molecular weight is 350 g/mol. The van der Waals surface area contributed by atoms with E-state index in [9.17, 15) is 9.90 Å². The minimum Gasteiger partial charge on any atom is -0.477 e. The van der Waals surface area contributed by atoms with Gasteiger partial charge in [-0.15, -0.1) is 0 Å². The highest BCUT2D eigenvalue weighted by Gasteiger charge is 2.19. The molecule has 0 radical (unpaired) electrons.